The van der Waals surface area contributed by atoms with Crippen LogP contribution < -0.4 is 15.8 Å². The quantitative estimate of drug-likeness (QED) is 0.575. The van der Waals surface area contributed by atoms with Crippen LogP contribution in [0, 0.1) is 0 Å². The van der Waals surface area contributed by atoms with Crippen molar-refractivity contribution in [2.24, 2.45) is 5.73 Å². The number of nitrogens with one attached hydrogen (secondary N) is 2. The molecule has 1 rings (SSSR count). The van der Waals surface area contributed by atoms with Gasteiger partial charge in [0.2, 0.25) is 10.0 Å². The first kappa shape index (κ1) is 13.7. The van der Waals surface area contributed by atoms with E-state index < -0.39 is 10.0 Å². The lowest BCUT2D eigenvalue weighted by Gasteiger charge is -2.09. The molecule has 0 unspecified atom stereocenters. The van der Waals surface area contributed by atoms with E-state index in [4.69, 9.17) is 18.0 Å². The van der Waals surface area contributed by atoms with Gasteiger partial charge in [-0.1, -0.05) is 12.2 Å². The second kappa shape index (κ2) is 5.84. The highest BCUT2D eigenvalue weighted by Crippen LogP contribution is 2.08. The Labute approximate surface area is 105 Å². The molecule has 0 saturated carbocycles. The second-order valence-electron chi connectivity index (χ2n) is 3.10. The number of thiocarbonyl (C=S) groups is 1. The number of nitrogens with zero attached hydrogens (tertiary/aromatic N) is 2. The highest BCUT2D eigenvalue weighted by atomic mass is 32.2. The molecule has 0 aliphatic rings. The van der Waals surface area contributed by atoms with E-state index in [0.29, 0.717) is 11.4 Å². The van der Waals surface area contributed by atoms with Gasteiger partial charge in [-0.2, -0.15) is 0 Å². The Balaban J connectivity index is 2.67. The molecule has 4 N–H and O–H groups in total. The monoisotopic (exact) mass is 275 g/mol. The number of sulfonamides is 1. The number of nitrogens with two attached hydrogens (primary N) is 1. The molecule has 0 radical (unpaired) electrons. The number of aromatic nitrogens is 2. The van der Waals surface area contributed by atoms with E-state index in [1.807, 2.05) is 0 Å². The summed E-state index contributed by atoms with van der Waals surface area (Å²) in [5.74, 6) is 0.364. The molecule has 0 amide bonds. The number of hydrogen-bond acceptors (Lipinski definition) is 6. The summed E-state index contributed by atoms with van der Waals surface area (Å²) in [4.78, 5) is 7.89. The Morgan fingerprint density at radius 3 is 2.88 bits per heavy atom. The zero-order chi connectivity index (χ0) is 12.9. The van der Waals surface area contributed by atoms with Gasteiger partial charge in [-0.3, -0.25) is 0 Å². The van der Waals surface area contributed by atoms with Gasteiger partial charge in [0, 0.05) is 12.7 Å². The van der Waals surface area contributed by atoms with Gasteiger partial charge in [0.1, 0.15) is 17.1 Å². The maximum atomic E-state index is 11.2. The van der Waals surface area contributed by atoms with E-state index >= 15 is 0 Å². The van der Waals surface area contributed by atoms with Crippen LogP contribution in [0.3, 0.4) is 0 Å². The molecule has 1 heterocycles. The Morgan fingerprint density at radius 2 is 2.29 bits per heavy atom. The van der Waals surface area contributed by atoms with Gasteiger partial charge in [0.15, 0.2) is 0 Å². The second-order valence-corrected chi connectivity index (χ2v) is 5.58. The lowest BCUT2D eigenvalue weighted by molar-refractivity contribution is 0.588. The van der Waals surface area contributed by atoms with Gasteiger partial charge in [-0.05, 0) is 7.05 Å². The predicted octanol–water partition coefficient (Wildman–Crippen LogP) is -0.928. The Hall–Kier alpha value is -1.32. The Morgan fingerprint density at radius 1 is 1.59 bits per heavy atom. The summed E-state index contributed by atoms with van der Waals surface area (Å²) < 4.78 is 24.6. The molecule has 94 valence electrons. The molecule has 7 nitrogen and oxygen atoms in total. The zero-order valence-electron chi connectivity index (χ0n) is 9.17. The summed E-state index contributed by atoms with van der Waals surface area (Å²) in [5.41, 5.74) is 5.97. The van der Waals surface area contributed by atoms with Crippen LogP contribution in [-0.4, -0.2) is 42.7 Å². The van der Waals surface area contributed by atoms with E-state index in [1.54, 1.807) is 0 Å². The third kappa shape index (κ3) is 4.21. The third-order valence-corrected chi connectivity index (χ3v) is 3.54. The Bertz CT molecular complexity index is 502. The molecule has 1 aromatic heterocycles. The fourth-order valence-electron chi connectivity index (χ4n) is 1.06. The molecule has 0 atom stereocenters. The SMILES string of the molecule is CNS(=O)(=O)CCNc1ncncc1C(N)=S. The lowest BCUT2D eigenvalue weighted by Crippen LogP contribution is -2.27. The molecular weight excluding hydrogens is 262 g/mol. The average Bonchev–Trinajstić information content (AvgIpc) is 2.29. The molecule has 0 aromatic carbocycles. The maximum absolute atomic E-state index is 11.2. The van der Waals surface area contributed by atoms with Gasteiger partial charge in [-0.15, -0.1) is 0 Å². The van der Waals surface area contributed by atoms with Crippen molar-refractivity contribution in [3.63, 3.8) is 0 Å². The van der Waals surface area contributed by atoms with Crippen LogP contribution in [0.4, 0.5) is 5.82 Å². The summed E-state index contributed by atoms with van der Waals surface area (Å²) in [6.07, 6.45) is 2.81. The van der Waals surface area contributed by atoms with Crippen LogP contribution in [-0.2, 0) is 10.0 Å². The molecule has 1 aromatic rings. The molecule has 0 bridgehead atoms. The van der Waals surface area contributed by atoms with Crippen LogP contribution in [0.1, 0.15) is 5.56 Å². The van der Waals surface area contributed by atoms with Crippen LogP contribution in [0.25, 0.3) is 0 Å². The van der Waals surface area contributed by atoms with Gasteiger partial charge in [0.05, 0.1) is 11.3 Å². The van der Waals surface area contributed by atoms with E-state index in [9.17, 15) is 8.42 Å². The smallest absolute Gasteiger partial charge is 0.213 e. The van der Waals surface area contributed by atoms with Crippen molar-refractivity contribution in [2.75, 3.05) is 24.7 Å². The van der Waals surface area contributed by atoms with Crippen LogP contribution in [0.2, 0.25) is 0 Å². The molecule has 17 heavy (non-hydrogen) atoms. The molecule has 0 saturated heterocycles. The van der Waals surface area contributed by atoms with Crippen LogP contribution >= 0.6 is 12.2 Å². The van der Waals surface area contributed by atoms with E-state index in [-0.39, 0.29) is 17.3 Å². The first-order valence-electron chi connectivity index (χ1n) is 4.71. The maximum Gasteiger partial charge on any atom is 0.213 e. The number of hydrogen-bond donors (Lipinski definition) is 3. The van der Waals surface area contributed by atoms with Crippen molar-refractivity contribution in [2.45, 2.75) is 0 Å². The molecule has 0 aliphatic heterocycles. The fourth-order valence-corrected chi connectivity index (χ4v) is 1.78. The van der Waals surface area contributed by atoms with Crippen molar-refractivity contribution in [3.05, 3.63) is 18.1 Å². The van der Waals surface area contributed by atoms with Gasteiger partial charge < -0.3 is 11.1 Å². The molecular formula is C8H13N5O2S2. The van der Waals surface area contributed by atoms with Gasteiger partial charge >= 0.3 is 0 Å². The number of rotatable bonds is 6. The summed E-state index contributed by atoms with van der Waals surface area (Å²) in [7, 11) is -1.88. The minimum absolute atomic E-state index is 0.0652. The van der Waals surface area contributed by atoms with E-state index in [1.165, 1.54) is 19.6 Å². The van der Waals surface area contributed by atoms with Crippen LogP contribution in [0.15, 0.2) is 12.5 Å². The van der Waals surface area contributed by atoms with Crippen molar-refractivity contribution in [1.82, 2.24) is 14.7 Å². The average molecular weight is 275 g/mol. The minimum Gasteiger partial charge on any atom is -0.389 e. The van der Waals surface area contributed by atoms with Crippen LogP contribution in [0.5, 0.6) is 0 Å². The van der Waals surface area contributed by atoms with Gasteiger partial charge in [0.25, 0.3) is 0 Å². The molecule has 0 aliphatic carbocycles. The van der Waals surface area contributed by atoms with E-state index in [2.05, 4.69) is 20.0 Å². The van der Waals surface area contributed by atoms with Crippen molar-refractivity contribution in [3.8, 4) is 0 Å². The molecule has 0 spiro atoms. The Kier molecular flexibility index (Phi) is 4.73. The molecule has 0 fully saturated rings. The summed E-state index contributed by atoms with van der Waals surface area (Å²) in [6, 6.07) is 0. The first-order valence-corrected chi connectivity index (χ1v) is 6.77. The van der Waals surface area contributed by atoms with Crippen molar-refractivity contribution >= 4 is 33.0 Å². The standard InChI is InChI=1S/C8H13N5O2S2/c1-10-17(14,15)3-2-12-8-6(7(9)16)4-11-5-13-8/h4-5,10H,2-3H2,1H3,(H2,9,16)(H,11,12,13). The van der Waals surface area contributed by atoms with Gasteiger partial charge in [-0.25, -0.2) is 23.1 Å². The number of anilines is 1. The van der Waals surface area contributed by atoms with Crippen molar-refractivity contribution < 1.29 is 8.42 Å². The summed E-state index contributed by atoms with van der Waals surface area (Å²) in [5, 5.41) is 2.85. The lowest BCUT2D eigenvalue weighted by atomic mass is 10.3. The zero-order valence-corrected chi connectivity index (χ0v) is 10.8. The highest BCUT2D eigenvalue weighted by Gasteiger charge is 2.09. The topological polar surface area (TPSA) is 110 Å². The summed E-state index contributed by atoms with van der Waals surface area (Å²) in [6.45, 7) is 0.204. The fraction of sp³-hybridized carbons (Fsp3) is 0.375. The first-order chi connectivity index (χ1) is 7.96. The van der Waals surface area contributed by atoms with E-state index in [0.717, 1.165) is 0 Å². The molecule has 9 heteroatoms. The summed E-state index contributed by atoms with van der Waals surface area (Å²) >= 11 is 4.82. The minimum atomic E-state index is -3.24. The normalized spacial score (nSPS) is 11.1. The third-order valence-electron chi connectivity index (χ3n) is 1.95. The highest BCUT2D eigenvalue weighted by molar-refractivity contribution is 7.89. The van der Waals surface area contributed by atoms with Crippen molar-refractivity contribution in [1.29, 1.82) is 0 Å². The predicted molar refractivity (Wildman–Crippen MR) is 69.3 cm³/mol. The largest absolute Gasteiger partial charge is 0.389 e.